The summed E-state index contributed by atoms with van der Waals surface area (Å²) in [6, 6.07) is 5.35. The minimum atomic E-state index is -0.133. The van der Waals surface area contributed by atoms with Gasteiger partial charge in [-0.1, -0.05) is 6.07 Å². The third-order valence-corrected chi connectivity index (χ3v) is 3.30. The number of nitrogens with zero attached hydrogens (tertiary/aromatic N) is 1. The number of carbonyl (C=O) groups excluding carboxylic acids is 1. The van der Waals surface area contributed by atoms with Crippen LogP contribution in [0.1, 0.15) is 23.8 Å². The largest absolute Gasteiger partial charge is 0.378 e. The van der Waals surface area contributed by atoms with Crippen LogP contribution in [-0.4, -0.2) is 37.2 Å². The summed E-state index contributed by atoms with van der Waals surface area (Å²) < 4.78 is 5.46. The zero-order valence-corrected chi connectivity index (χ0v) is 10.8. The van der Waals surface area contributed by atoms with Gasteiger partial charge in [0.2, 0.25) is 0 Å². The first kappa shape index (κ1) is 12.8. The Balaban J connectivity index is 1.90. The Morgan fingerprint density at radius 2 is 2.39 bits per heavy atom. The van der Waals surface area contributed by atoms with E-state index in [2.05, 4.69) is 15.6 Å². The van der Waals surface area contributed by atoms with Crippen LogP contribution < -0.4 is 10.6 Å². The van der Waals surface area contributed by atoms with Crippen LogP contribution >= 0.6 is 0 Å². The molecule has 0 saturated carbocycles. The first-order valence-corrected chi connectivity index (χ1v) is 6.25. The fourth-order valence-electron chi connectivity index (χ4n) is 2.06. The predicted octanol–water partition coefficient (Wildman–Crippen LogP) is 1.28. The second kappa shape index (κ2) is 5.82. The van der Waals surface area contributed by atoms with Gasteiger partial charge in [-0.05, 0) is 25.5 Å². The van der Waals surface area contributed by atoms with Crippen molar-refractivity contribution in [2.24, 2.45) is 5.92 Å². The van der Waals surface area contributed by atoms with Crippen molar-refractivity contribution in [1.82, 2.24) is 10.3 Å². The summed E-state index contributed by atoms with van der Waals surface area (Å²) in [5.41, 5.74) is 0.438. The number of nitrogens with one attached hydrogen (secondary N) is 2. The van der Waals surface area contributed by atoms with Crippen LogP contribution in [0.25, 0.3) is 0 Å². The number of hydrogen-bond acceptors (Lipinski definition) is 4. The Labute approximate surface area is 107 Å². The zero-order valence-electron chi connectivity index (χ0n) is 10.8. The van der Waals surface area contributed by atoms with Crippen molar-refractivity contribution in [3.05, 3.63) is 23.9 Å². The summed E-state index contributed by atoms with van der Waals surface area (Å²) in [4.78, 5) is 16.1. The molecule has 2 heterocycles. The van der Waals surface area contributed by atoms with Crippen LogP contribution in [-0.2, 0) is 4.74 Å². The van der Waals surface area contributed by atoms with Gasteiger partial charge in [0.15, 0.2) is 0 Å². The van der Waals surface area contributed by atoms with Crippen molar-refractivity contribution in [3.8, 4) is 0 Å². The van der Waals surface area contributed by atoms with Gasteiger partial charge in [0.1, 0.15) is 11.5 Å². The normalized spacial score (nSPS) is 22.8. The molecule has 5 nitrogen and oxygen atoms in total. The molecule has 0 radical (unpaired) electrons. The molecule has 0 bridgehead atoms. The molecule has 18 heavy (non-hydrogen) atoms. The number of anilines is 1. The highest BCUT2D eigenvalue weighted by Crippen LogP contribution is 2.19. The fraction of sp³-hybridized carbons (Fsp3) is 0.538. The highest BCUT2D eigenvalue weighted by atomic mass is 16.5. The van der Waals surface area contributed by atoms with Crippen LogP contribution in [0.4, 0.5) is 5.82 Å². The van der Waals surface area contributed by atoms with Crippen molar-refractivity contribution in [1.29, 1.82) is 0 Å². The Hall–Kier alpha value is -1.62. The molecule has 2 unspecified atom stereocenters. The third kappa shape index (κ3) is 2.98. The minimum absolute atomic E-state index is 0.133. The third-order valence-electron chi connectivity index (χ3n) is 3.30. The van der Waals surface area contributed by atoms with Gasteiger partial charge in [0.25, 0.3) is 5.91 Å². The lowest BCUT2D eigenvalue weighted by Gasteiger charge is -2.14. The molecule has 0 spiro atoms. The average molecular weight is 249 g/mol. The quantitative estimate of drug-likeness (QED) is 0.843. The fourth-order valence-corrected chi connectivity index (χ4v) is 2.06. The molecule has 1 aliphatic heterocycles. The van der Waals surface area contributed by atoms with Gasteiger partial charge < -0.3 is 15.4 Å². The summed E-state index contributed by atoms with van der Waals surface area (Å²) in [5, 5.41) is 5.83. The van der Waals surface area contributed by atoms with Crippen LogP contribution in [0.5, 0.6) is 0 Å². The highest BCUT2D eigenvalue weighted by molar-refractivity contribution is 5.92. The lowest BCUT2D eigenvalue weighted by molar-refractivity contribution is 0.0903. The molecule has 1 aromatic heterocycles. The molecule has 98 valence electrons. The number of pyridine rings is 1. The highest BCUT2D eigenvalue weighted by Gasteiger charge is 2.24. The number of carbonyl (C=O) groups is 1. The first-order valence-electron chi connectivity index (χ1n) is 6.25. The smallest absolute Gasteiger partial charge is 0.269 e. The van der Waals surface area contributed by atoms with Crippen LogP contribution in [0.15, 0.2) is 18.2 Å². The molecule has 1 saturated heterocycles. The van der Waals surface area contributed by atoms with E-state index in [4.69, 9.17) is 4.74 Å². The first-order chi connectivity index (χ1) is 8.70. The van der Waals surface area contributed by atoms with Gasteiger partial charge >= 0.3 is 0 Å². The minimum Gasteiger partial charge on any atom is -0.378 e. The zero-order chi connectivity index (χ0) is 13.0. The molecule has 5 heteroatoms. The Kier molecular flexibility index (Phi) is 4.15. The molecule has 1 aromatic rings. The second-order valence-electron chi connectivity index (χ2n) is 4.49. The van der Waals surface area contributed by atoms with Gasteiger partial charge in [0.05, 0.1) is 6.10 Å². The molecule has 1 fully saturated rings. The lowest BCUT2D eigenvalue weighted by atomic mass is 10.0. The summed E-state index contributed by atoms with van der Waals surface area (Å²) in [7, 11) is 1.78. The molecular weight excluding hydrogens is 230 g/mol. The maximum absolute atomic E-state index is 11.9. The SMILES string of the molecule is CNc1cccc(C(=O)NCC2CCOC2C)n1. The van der Waals surface area contributed by atoms with Crippen molar-refractivity contribution < 1.29 is 9.53 Å². The topological polar surface area (TPSA) is 63.2 Å². The molecule has 2 rings (SSSR count). The predicted molar refractivity (Wildman–Crippen MR) is 69.6 cm³/mol. The monoisotopic (exact) mass is 249 g/mol. The van der Waals surface area contributed by atoms with Crippen LogP contribution in [0.3, 0.4) is 0 Å². The Morgan fingerprint density at radius 1 is 1.56 bits per heavy atom. The average Bonchev–Trinajstić information content (AvgIpc) is 2.81. The van der Waals surface area contributed by atoms with E-state index < -0.39 is 0 Å². The van der Waals surface area contributed by atoms with Gasteiger partial charge in [-0.2, -0.15) is 0 Å². The van der Waals surface area contributed by atoms with E-state index in [1.807, 2.05) is 19.1 Å². The summed E-state index contributed by atoms with van der Waals surface area (Å²) in [6.07, 6.45) is 1.23. The number of aromatic nitrogens is 1. The standard InChI is InChI=1S/C13H19N3O2/c1-9-10(6-7-18-9)8-15-13(17)11-4-3-5-12(14-2)16-11/h3-5,9-10H,6-8H2,1-2H3,(H,14,16)(H,15,17). The molecule has 2 N–H and O–H groups in total. The number of rotatable bonds is 4. The summed E-state index contributed by atoms with van der Waals surface area (Å²) in [6.45, 7) is 3.48. The van der Waals surface area contributed by atoms with Crippen LogP contribution in [0.2, 0.25) is 0 Å². The molecular formula is C13H19N3O2. The van der Waals surface area contributed by atoms with Gasteiger partial charge in [-0.15, -0.1) is 0 Å². The van der Waals surface area contributed by atoms with E-state index >= 15 is 0 Å². The van der Waals surface area contributed by atoms with E-state index in [1.165, 1.54) is 0 Å². The number of hydrogen-bond donors (Lipinski definition) is 2. The maximum atomic E-state index is 11.9. The van der Waals surface area contributed by atoms with E-state index in [0.29, 0.717) is 24.0 Å². The van der Waals surface area contributed by atoms with Gasteiger partial charge in [0, 0.05) is 26.1 Å². The molecule has 0 aliphatic carbocycles. The molecule has 2 atom stereocenters. The lowest BCUT2D eigenvalue weighted by Crippen LogP contribution is -2.32. The van der Waals surface area contributed by atoms with Crippen molar-refractivity contribution >= 4 is 11.7 Å². The summed E-state index contributed by atoms with van der Waals surface area (Å²) >= 11 is 0. The van der Waals surface area contributed by atoms with Crippen molar-refractivity contribution in [2.75, 3.05) is 25.5 Å². The van der Waals surface area contributed by atoms with Crippen molar-refractivity contribution in [3.63, 3.8) is 0 Å². The molecule has 0 aromatic carbocycles. The van der Waals surface area contributed by atoms with Crippen LogP contribution in [0, 0.1) is 5.92 Å². The second-order valence-corrected chi connectivity index (χ2v) is 4.49. The molecule has 1 aliphatic rings. The maximum Gasteiger partial charge on any atom is 0.269 e. The number of ether oxygens (including phenoxy) is 1. The van der Waals surface area contributed by atoms with E-state index in [-0.39, 0.29) is 12.0 Å². The summed E-state index contributed by atoms with van der Waals surface area (Å²) in [5.74, 6) is 0.966. The van der Waals surface area contributed by atoms with Gasteiger partial charge in [-0.3, -0.25) is 4.79 Å². The molecule has 1 amide bonds. The van der Waals surface area contributed by atoms with Gasteiger partial charge in [-0.25, -0.2) is 4.98 Å². The number of amides is 1. The van der Waals surface area contributed by atoms with E-state index in [0.717, 1.165) is 13.0 Å². The van der Waals surface area contributed by atoms with Crippen molar-refractivity contribution in [2.45, 2.75) is 19.4 Å². The Bertz CT molecular complexity index is 422. The Morgan fingerprint density at radius 3 is 3.06 bits per heavy atom. The van der Waals surface area contributed by atoms with E-state index in [1.54, 1.807) is 13.1 Å². The van der Waals surface area contributed by atoms with E-state index in [9.17, 15) is 4.79 Å².